The van der Waals surface area contributed by atoms with Gasteiger partial charge in [0, 0.05) is 6.42 Å². The Balaban J connectivity index is 2.33. The third-order valence-corrected chi connectivity index (χ3v) is 2.64. The van der Waals surface area contributed by atoms with Gasteiger partial charge < -0.3 is 4.74 Å². The Morgan fingerprint density at radius 3 is 2.35 bits per heavy atom. The summed E-state index contributed by atoms with van der Waals surface area (Å²) in [5.41, 5.74) is 0. The number of cyclic esters (lactones) is 1. The molecule has 0 N–H and O–H groups in total. The van der Waals surface area contributed by atoms with Crippen molar-refractivity contribution in [2.24, 2.45) is 0 Å². The third kappa shape index (κ3) is 8.49. The van der Waals surface area contributed by atoms with Gasteiger partial charge in [-0.25, -0.2) is 0 Å². The highest BCUT2D eigenvalue weighted by Gasteiger charge is 2.00. The summed E-state index contributed by atoms with van der Waals surface area (Å²) in [5.74, 6) is -0.0761. The Kier molecular flexibility index (Phi) is 8.00. The largest absolute Gasteiger partial charge is 0.461 e. The van der Waals surface area contributed by atoms with Crippen molar-refractivity contribution < 1.29 is 9.53 Å². The minimum absolute atomic E-state index is 0.0761. The highest BCUT2D eigenvalue weighted by molar-refractivity contribution is 5.69. The molecule has 0 aromatic carbocycles. The van der Waals surface area contributed by atoms with E-state index >= 15 is 0 Å². The first kappa shape index (κ1) is 13.8. The van der Waals surface area contributed by atoms with Crippen molar-refractivity contribution in [3.63, 3.8) is 0 Å². The van der Waals surface area contributed by atoms with Crippen molar-refractivity contribution in [2.75, 3.05) is 6.61 Å². The molecular formula is C15H22O2. The van der Waals surface area contributed by atoms with Crippen LogP contribution in [0.3, 0.4) is 0 Å². The van der Waals surface area contributed by atoms with Crippen molar-refractivity contribution in [1.82, 2.24) is 0 Å². The maximum absolute atomic E-state index is 11.3. The Labute approximate surface area is 104 Å². The topological polar surface area (TPSA) is 26.3 Å². The zero-order valence-corrected chi connectivity index (χ0v) is 10.4. The number of ether oxygens (including phenoxy) is 1. The van der Waals surface area contributed by atoms with Gasteiger partial charge in [-0.15, -0.1) is 0 Å². The summed E-state index contributed by atoms with van der Waals surface area (Å²) >= 11 is 0. The van der Waals surface area contributed by atoms with Crippen LogP contribution in [-0.4, -0.2) is 12.6 Å². The van der Waals surface area contributed by atoms with Gasteiger partial charge in [-0.1, -0.05) is 42.9 Å². The molecule has 0 atom stereocenters. The molecule has 1 aliphatic heterocycles. The smallest absolute Gasteiger partial charge is 0.306 e. The fraction of sp³-hybridized carbons (Fsp3) is 0.533. The number of esters is 1. The van der Waals surface area contributed by atoms with Gasteiger partial charge >= 0.3 is 5.97 Å². The van der Waals surface area contributed by atoms with E-state index in [1.807, 2.05) is 12.2 Å². The van der Waals surface area contributed by atoms with Crippen LogP contribution < -0.4 is 0 Å². The Morgan fingerprint density at radius 2 is 1.53 bits per heavy atom. The molecule has 0 radical (unpaired) electrons. The zero-order chi connectivity index (χ0) is 12.2. The molecule has 1 heterocycles. The molecule has 0 fully saturated rings. The van der Waals surface area contributed by atoms with Gasteiger partial charge in [0.05, 0.1) is 0 Å². The van der Waals surface area contributed by atoms with Gasteiger partial charge in [0.1, 0.15) is 6.61 Å². The normalized spacial score (nSPS) is 25.8. The number of allylic oxidation sites excluding steroid dienone is 5. The van der Waals surface area contributed by atoms with E-state index in [1.54, 1.807) is 0 Å². The monoisotopic (exact) mass is 234 g/mol. The molecule has 0 aromatic rings. The van der Waals surface area contributed by atoms with Crippen LogP contribution in [0.25, 0.3) is 0 Å². The number of hydrogen-bond donors (Lipinski definition) is 0. The van der Waals surface area contributed by atoms with E-state index in [2.05, 4.69) is 24.3 Å². The summed E-state index contributed by atoms with van der Waals surface area (Å²) in [5, 5.41) is 0. The first-order valence-corrected chi connectivity index (χ1v) is 6.50. The van der Waals surface area contributed by atoms with Crippen LogP contribution in [0.5, 0.6) is 0 Å². The van der Waals surface area contributed by atoms with Gasteiger partial charge in [0.15, 0.2) is 0 Å². The highest BCUT2D eigenvalue weighted by Crippen LogP contribution is 2.05. The van der Waals surface area contributed by atoms with Gasteiger partial charge in [-0.3, -0.25) is 4.79 Å². The summed E-state index contributed by atoms with van der Waals surface area (Å²) < 4.78 is 5.08. The minimum Gasteiger partial charge on any atom is -0.461 e. The molecule has 1 rings (SSSR count). The average molecular weight is 234 g/mol. The standard InChI is InChI=1S/C15H22O2/c16-15-13-11-9-7-5-3-1-2-4-6-8-10-12-14-17-15/h1,3-4,6,10,12H,2,5,7-9,11,13-14H2/b3-1-,6-4-,12-10-. The fourth-order valence-electron chi connectivity index (χ4n) is 1.65. The number of hydrogen-bond acceptors (Lipinski definition) is 2. The highest BCUT2D eigenvalue weighted by atomic mass is 16.5. The van der Waals surface area contributed by atoms with E-state index in [1.165, 1.54) is 0 Å². The summed E-state index contributed by atoms with van der Waals surface area (Å²) in [4.78, 5) is 11.3. The van der Waals surface area contributed by atoms with Crippen LogP contribution in [0.4, 0.5) is 0 Å². The van der Waals surface area contributed by atoms with Gasteiger partial charge in [0.2, 0.25) is 0 Å². The minimum atomic E-state index is -0.0761. The maximum atomic E-state index is 11.3. The molecule has 0 unspecified atom stereocenters. The lowest BCUT2D eigenvalue weighted by Crippen LogP contribution is -2.03. The lowest BCUT2D eigenvalue weighted by atomic mass is 10.1. The molecule has 17 heavy (non-hydrogen) atoms. The van der Waals surface area contributed by atoms with Crippen LogP contribution >= 0.6 is 0 Å². The van der Waals surface area contributed by atoms with E-state index in [0.717, 1.165) is 38.5 Å². The van der Waals surface area contributed by atoms with Crippen molar-refractivity contribution in [3.05, 3.63) is 36.5 Å². The summed E-state index contributed by atoms with van der Waals surface area (Å²) in [6.45, 7) is 0.409. The molecule has 0 saturated carbocycles. The number of rotatable bonds is 0. The predicted octanol–water partition coefficient (Wildman–Crippen LogP) is 3.94. The lowest BCUT2D eigenvalue weighted by Gasteiger charge is -2.01. The van der Waals surface area contributed by atoms with Gasteiger partial charge in [-0.05, 0) is 32.1 Å². The molecule has 94 valence electrons. The summed E-state index contributed by atoms with van der Waals surface area (Å²) in [6, 6.07) is 0. The molecular weight excluding hydrogens is 212 g/mol. The van der Waals surface area contributed by atoms with Crippen LogP contribution in [-0.2, 0) is 9.53 Å². The predicted molar refractivity (Wildman–Crippen MR) is 70.7 cm³/mol. The first-order chi connectivity index (χ1) is 8.39. The number of carbonyl (C=O) groups excluding carboxylic acids is 1. The first-order valence-electron chi connectivity index (χ1n) is 6.50. The van der Waals surface area contributed by atoms with Crippen LogP contribution in [0.15, 0.2) is 36.5 Å². The molecule has 2 heteroatoms. The molecule has 1 aliphatic rings. The van der Waals surface area contributed by atoms with E-state index in [9.17, 15) is 4.79 Å². The fourth-order valence-corrected chi connectivity index (χ4v) is 1.65. The van der Waals surface area contributed by atoms with E-state index in [0.29, 0.717) is 13.0 Å². The maximum Gasteiger partial charge on any atom is 0.306 e. The molecule has 0 amide bonds. The quantitative estimate of drug-likeness (QED) is 0.468. The molecule has 0 bridgehead atoms. The van der Waals surface area contributed by atoms with E-state index < -0.39 is 0 Å². The molecule has 0 spiro atoms. The Bertz CT molecular complexity index is 287. The Hall–Kier alpha value is -1.31. The van der Waals surface area contributed by atoms with Crippen molar-refractivity contribution in [2.45, 2.75) is 44.9 Å². The average Bonchev–Trinajstić information content (AvgIpc) is 2.32. The molecule has 0 aliphatic carbocycles. The van der Waals surface area contributed by atoms with Crippen molar-refractivity contribution >= 4 is 5.97 Å². The summed E-state index contributed by atoms with van der Waals surface area (Å²) in [7, 11) is 0. The molecule has 0 saturated heterocycles. The van der Waals surface area contributed by atoms with E-state index in [4.69, 9.17) is 4.74 Å². The van der Waals surface area contributed by atoms with Crippen molar-refractivity contribution in [3.8, 4) is 0 Å². The molecule has 2 nitrogen and oxygen atoms in total. The zero-order valence-electron chi connectivity index (χ0n) is 10.4. The molecule has 0 aromatic heterocycles. The summed E-state index contributed by atoms with van der Waals surface area (Å²) in [6.07, 6.45) is 19.5. The Morgan fingerprint density at radius 1 is 0.824 bits per heavy atom. The number of carbonyl (C=O) groups is 1. The lowest BCUT2D eigenvalue weighted by molar-refractivity contribution is -0.142. The second-order valence-corrected chi connectivity index (χ2v) is 4.17. The van der Waals surface area contributed by atoms with Gasteiger partial charge in [-0.2, -0.15) is 0 Å². The van der Waals surface area contributed by atoms with Crippen LogP contribution in [0.2, 0.25) is 0 Å². The second-order valence-electron chi connectivity index (χ2n) is 4.17. The van der Waals surface area contributed by atoms with Crippen LogP contribution in [0.1, 0.15) is 44.9 Å². The van der Waals surface area contributed by atoms with E-state index in [-0.39, 0.29) is 5.97 Å². The van der Waals surface area contributed by atoms with Crippen molar-refractivity contribution in [1.29, 1.82) is 0 Å². The van der Waals surface area contributed by atoms with Crippen LogP contribution in [0, 0.1) is 0 Å². The second kappa shape index (κ2) is 9.88. The van der Waals surface area contributed by atoms with Gasteiger partial charge in [0.25, 0.3) is 0 Å². The SMILES string of the molecule is O=C1CCCCC/C=C\C/C=C\C/C=C\CO1. The third-order valence-electron chi connectivity index (χ3n) is 2.64.